The second kappa shape index (κ2) is 8.63. The van der Waals surface area contributed by atoms with Crippen molar-refractivity contribution in [2.45, 2.75) is 26.4 Å². The van der Waals surface area contributed by atoms with Crippen LogP contribution in [0.1, 0.15) is 39.4 Å². The molecule has 0 aliphatic carbocycles. The first-order chi connectivity index (χ1) is 12.6. The summed E-state index contributed by atoms with van der Waals surface area (Å²) in [5.41, 5.74) is -0.610. The molecule has 0 aliphatic heterocycles. The van der Waals surface area contributed by atoms with Crippen molar-refractivity contribution in [1.82, 2.24) is 5.32 Å². The molecule has 0 saturated carbocycles. The van der Waals surface area contributed by atoms with Gasteiger partial charge in [0.15, 0.2) is 5.78 Å². The van der Waals surface area contributed by atoms with Crippen LogP contribution in [0.2, 0.25) is 0 Å². The third-order valence-corrected chi connectivity index (χ3v) is 5.82. The Kier molecular flexibility index (Phi) is 6.95. The molecular formula is C18H20FIN2O4S. The third kappa shape index (κ3) is 5.24. The number of aliphatic hydroxyl groups excluding tert-OH is 1. The molecule has 4 N–H and O–H groups in total. The lowest BCUT2D eigenvalue weighted by Crippen LogP contribution is -2.43. The van der Waals surface area contributed by atoms with Crippen LogP contribution in [0.15, 0.2) is 18.2 Å². The molecule has 1 atom stereocenters. The van der Waals surface area contributed by atoms with Crippen molar-refractivity contribution in [3.63, 3.8) is 0 Å². The zero-order chi connectivity index (χ0) is 20.4. The zero-order valence-corrected chi connectivity index (χ0v) is 18.0. The highest BCUT2D eigenvalue weighted by atomic mass is 127. The summed E-state index contributed by atoms with van der Waals surface area (Å²) in [5.74, 6) is -1.21. The number of anilines is 2. The first kappa shape index (κ1) is 21.7. The molecule has 1 unspecified atom stereocenters. The second-order valence-corrected chi connectivity index (χ2v) is 8.67. The highest BCUT2D eigenvalue weighted by molar-refractivity contribution is 14.1. The quantitative estimate of drug-likeness (QED) is 0.342. The molecule has 1 heterocycles. The number of carbonyl (C=O) groups is 2. The molecule has 2 rings (SSSR count). The van der Waals surface area contributed by atoms with Crippen LogP contribution in [0.25, 0.3) is 0 Å². The Morgan fingerprint density at radius 3 is 2.59 bits per heavy atom. The van der Waals surface area contributed by atoms with Crippen LogP contribution >= 0.6 is 33.9 Å². The molecule has 146 valence electrons. The van der Waals surface area contributed by atoms with Gasteiger partial charge in [-0.15, -0.1) is 11.3 Å². The molecule has 0 fully saturated rings. The topological polar surface area (TPSA) is 98.7 Å². The number of nitrogens with one attached hydrogen (secondary N) is 2. The molecule has 0 bridgehead atoms. The number of carbonyl (C=O) groups excluding carboxylic acids is 2. The number of rotatable bonds is 7. The number of Topliss-reactive ketones (excluding diaryl/α,β-unsaturated/α-hetero) is 1. The van der Waals surface area contributed by atoms with Gasteiger partial charge >= 0.3 is 0 Å². The van der Waals surface area contributed by atoms with Crippen molar-refractivity contribution in [2.75, 3.05) is 18.5 Å². The van der Waals surface area contributed by atoms with Gasteiger partial charge in [-0.1, -0.05) is 0 Å². The Labute approximate surface area is 173 Å². The van der Waals surface area contributed by atoms with Crippen molar-refractivity contribution in [3.8, 4) is 0 Å². The van der Waals surface area contributed by atoms with Gasteiger partial charge in [0.25, 0.3) is 5.91 Å². The fourth-order valence-electron chi connectivity index (χ4n) is 2.34. The minimum atomic E-state index is -1.47. The van der Waals surface area contributed by atoms with E-state index in [4.69, 9.17) is 5.11 Å². The van der Waals surface area contributed by atoms with E-state index in [-0.39, 0.29) is 23.6 Å². The van der Waals surface area contributed by atoms with Crippen LogP contribution in [-0.2, 0) is 0 Å². The van der Waals surface area contributed by atoms with E-state index in [1.165, 1.54) is 19.9 Å². The van der Waals surface area contributed by atoms with Crippen molar-refractivity contribution in [3.05, 3.63) is 43.6 Å². The van der Waals surface area contributed by atoms with Crippen LogP contribution in [0.5, 0.6) is 0 Å². The molecule has 27 heavy (non-hydrogen) atoms. The van der Waals surface area contributed by atoms with Crippen LogP contribution in [-0.4, -0.2) is 40.7 Å². The Hall–Kier alpha value is -1.56. The van der Waals surface area contributed by atoms with Gasteiger partial charge in [0.05, 0.1) is 22.7 Å². The number of ketones is 1. The molecule has 0 radical (unpaired) electrons. The number of hydrogen-bond donors (Lipinski definition) is 4. The normalized spacial score (nSPS) is 13.1. The number of aliphatic hydroxyl groups is 2. The summed E-state index contributed by atoms with van der Waals surface area (Å²) in [7, 11) is 0. The SMILES string of the molecule is CC(=O)c1sc(Nc2ccc(I)cc2F)c(C(=O)NCC(C)(O)CO)c1C. The maximum atomic E-state index is 14.2. The van der Waals surface area contributed by atoms with Gasteiger partial charge in [0, 0.05) is 10.1 Å². The lowest BCUT2D eigenvalue weighted by Gasteiger charge is -2.21. The molecule has 0 aliphatic rings. The number of benzene rings is 1. The van der Waals surface area contributed by atoms with E-state index < -0.39 is 23.9 Å². The Morgan fingerprint density at radius 2 is 2.04 bits per heavy atom. The summed E-state index contributed by atoms with van der Waals surface area (Å²) in [6.07, 6.45) is 0. The van der Waals surface area contributed by atoms with Gasteiger partial charge in [-0.05, 0) is 67.1 Å². The summed E-state index contributed by atoms with van der Waals surface area (Å²) in [6.45, 7) is 3.72. The minimum absolute atomic E-state index is 0.176. The summed E-state index contributed by atoms with van der Waals surface area (Å²) in [4.78, 5) is 24.9. The highest BCUT2D eigenvalue weighted by Gasteiger charge is 2.26. The molecule has 1 amide bonds. The highest BCUT2D eigenvalue weighted by Crippen LogP contribution is 2.36. The van der Waals surface area contributed by atoms with Gasteiger partial charge < -0.3 is 20.8 Å². The van der Waals surface area contributed by atoms with Crippen molar-refractivity contribution in [2.24, 2.45) is 0 Å². The smallest absolute Gasteiger partial charge is 0.254 e. The average Bonchev–Trinajstić information content (AvgIpc) is 2.92. The summed E-state index contributed by atoms with van der Waals surface area (Å²) in [6, 6.07) is 4.63. The van der Waals surface area contributed by atoms with E-state index >= 15 is 0 Å². The first-order valence-corrected chi connectivity index (χ1v) is 9.93. The van der Waals surface area contributed by atoms with Crippen LogP contribution in [0.4, 0.5) is 15.1 Å². The van der Waals surface area contributed by atoms with Crippen LogP contribution < -0.4 is 10.6 Å². The van der Waals surface area contributed by atoms with E-state index in [0.717, 1.165) is 14.9 Å². The molecule has 1 aromatic carbocycles. The fraction of sp³-hybridized carbons (Fsp3) is 0.333. The van der Waals surface area contributed by atoms with Gasteiger partial charge in [-0.2, -0.15) is 0 Å². The molecule has 2 aromatic rings. The summed E-state index contributed by atoms with van der Waals surface area (Å²) in [5, 5.41) is 24.7. The molecule has 1 aromatic heterocycles. The van der Waals surface area contributed by atoms with Crippen molar-refractivity contribution < 1.29 is 24.2 Å². The van der Waals surface area contributed by atoms with Crippen LogP contribution in [0.3, 0.4) is 0 Å². The molecule has 9 heteroatoms. The number of thiophene rings is 1. The zero-order valence-electron chi connectivity index (χ0n) is 15.0. The maximum absolute atomic E-state index is 14.2. The predicted octanol–water partition coefficient (Wildman–Crippen LogP) is 3.22. The largest absolute Gasteiger partial charge is 0.393 e. The van der Waals surface area contributed by atoms with Gasteiger partial charge in [-0.3, -0.25) is 9.59 Å². The standard InChI is InChI=1S/C18H20FIN2O4S/c1-9-14(16(25)21-7-18(3,26)8-23)17(27-15(9)10(2)24)22-13-5-4-11(20)6-12(13)19/h4-6,22-23,26H,7-8H2,1-3H3,(H,21,25). The second-order valence-electron chi connectivity index (χ2n) is 6.40. The lowest BCUT2D eigenvalue weighted by molar-refractivity contribution is 0.00320. The molecule has 0 saturated heterocycles. The van der Waals surface area contributed by atoms with Gasteiger partial charge in [0.1, 0.15) is 16.4 Å². The van der Waals surface area contributed by atoms with Gasteiger partial charge in [0.2, 0.25) is 0 Å². The van der Waals surface area contributed by atoms with Crippen molar-refractivity contribution >= 4 is 56.3 Å². The number of halogens is 2. The van der Waals surface area contributed by atoms with Gasteiger partial charge in [-0.25, -0.2) is 4.39 Å². The Bertz CT molecular complexity index is 882. The monoisotopic (exact) mass is 506 g/mol. The van der Waals surface area contributed by atoms with E-state index in [1.807, 2.05) is 22.6 Å². The van der Waals surface area contributed by atoms with E-state index in [2.05, 4.69) is 10.6 Å². The summed E-state index contributed by atoms with van der Waals surface area (Å²) < 4.78 is 14.9. The minimum Gasteiger partial charge on any atom is -0.393 e. The fourth-order valence-corrected chi connectivity index (χ4v) is 3.90. The third-order valence-electron chi connectivity index (χ3n) is 3.84. The molecule has 0 spiro atoms. The van der Waals surface area contributed by atoms with Crippen LogP contribution in [0, 0.1) is 16.3 Å². The average molecular weight is 506 g/mol. The Balaban J connectivity index is 2.40. The lowest BCUT2D eigenvalue weighted by atomic mass is 10.1. The maximum Gasteiger partial charge on any atom is 0.254 e. The predicted molar refractivity (Wildman–Crippen MR) is 112 cm³/mol. The van der Waals surface area contributed by atoms with E-state index in [0.29, 0.717) is 15.4 Å². The summed E-state index contributed by atoms with van der Waals surface area (Å²) >= 11 is 3.06. The number of amides is 1. The van der Waals surface area contributed by atoms with E-state index in [1.54, 1.807) is 19.1 Å². The Morgan fingerprint density at radius 1 is 1.37 bits per heavy atom. The molecule has 6 nitrogen and oxygen atoms in total. The molecular weight excluding hydrogens is 486 g/mol. The number of hydrogen-bond acceptors (Lipinski definition) is 6. The van der Waals surface area contributed by atoms with E-state index in [9.17, 15) is 19.1 Å². The van der Waals surface area contributed by atoms with Crippen molar-refractivity contribution in [1.29, 1.82) is 0 Å². The first-order valence-electron chi connectivity index (χ1n) is 8.03.